The molecule has 3 N–H and O–H groups in total. The van der Waals surface area contributed by atoms with Crippen LogP contribution >= 0.6 is 24.0 Å². The molecule has 0 aliphatic rings. The Kier molecular flexibility index (Phi) is 8.38. The molecule has 7 heteroatoms. The van der Waals surface area contributed by atoms with E-state index in [1.807, 2.05) is 31.7 Å². The summed E-state index contributed by atoms with van der Waals surface area (Å²) in [6.07, 6.45) is 4.05. The molecule has 0 saturated heterocycles. The van der Waals surface area contributed by atoms with Crippen LogP contribution in [-0.4, -0.2) is 37.1 Å². The molecule has 0 atom stereocenters. The van der Waals surface area contributed by atoms with Gasteiger partial charge >= 0.3 is 0 Å². The van der Waals surface area contributed by atoms with Crippen molar-refractivity contribution < 1.29 is 4.79 Å². The molecule has 1 heterocycles. The van der Waals surface area contributed by atoms with Gasteiger partial charge in [-0.3, -0.25) is 9.79 Å². The van der Waals surface area contributed by atoms with E-state index < -0.39 is 5.41 Å². The van der Waals surface area contributed by atoms with E-state index in [0.29, 0.717) is 19.0 Å². The molecule has 0 aliphatic carbocycles. The highest BCUT2D eigenvalue weighted by Gasteiger charge is 2.26. The second kappa shape index (κ2) is 8.91. The topological polar surface area (TPSA) is 70.5 Å². The summed E-state index contributed by atoms with van der Waals surface area (Å²) in [7, 11) is 5.35. The number of nitrogens with zero attached hydrogens (tertiary/aromatic N) is 2. The van der Waals surface area contributed by atoms with Crippen LogP contribution in [0.25, 0.3) is 0 Å². The minimum absolute atomic E-state index is 0. The Labute approximate surface area is 143 Å². The lowest BCUT2D eigenvalue weighted by molar-refractivity contribution is -0.128. The zero-order chi connectivity index (χ0) is 15.2. The van der Waals surface area contributed by atoms with Gasteiger partial charge in [0.1, 0.15) is 0 Å². The van der Waals surface area contributed by atoms with Gasteiger partial charge in [-0.25, -0.2) is 0 Å². The second-order valence-electron chi connectivity index (χ2n) is 5.43. The first-order valence-corrected chi connectivity index (χ1v) is 6.66. The van der Waals surface area contributed by atoms with Gasteiger partial charge in [-0.05, 0) is 25.5 Å². The minimum atomic E-state index is -0.487. The van der Waals surface area contributed by atoms with Gasteiger partial charge in [-0.15, -0.1) is 24.0 Å². The van der Waals surface area contributed by atoms with Crippen LogP contribution in [0.5, 0.6) is 0 Å². The van der Waals surface area contributed by atoms with Crippen molar-refractivity contribution in [3.8, 4) is 0 Å². The molecule has 0 fully saturated rings. The van der Waals surface area contributed by atoms with Crippen LogP contribution < -0.4 is 16.0 Å². The lowest BCUT2D eigenvalue weighted by Crippen LogP contribution is -2.47. The molecule has 0 spiro atoms. The van der Waals surface area contributed by atoms with E-state index >= 15 is 0 Å². The van der Waals surface area contributed by atoms with Crippen LogP contribution in [0, 0.1) is 5.41 Å². The van der Waals surface area contributed by atoms with Crippen LogP contribution in [0.2, 0.25) is 0 Å². The predicted octanol–water partition coefficient (Wildman–Crippen LogP) is 1.08. The summed E-state index contributed by atoms with van der Waals surface area (Å²) >= 11 is 0. The summed E-state index contributed by atoms with van der Waals surface area (Å²) in [6, 6.07) is 2.05. The van der Waals surface area contributed by atoms with E-state index in [9.17, 15) is 4.79 Å². The monoisotopic (exact) mass is 407 g/mol. The molecular formula is C14H26IN5O. The maximum absolute atomic E-state index is 11.7. The summed E-state index contributed by atoms with van der Waals surface area (Å²) < 4.78 is 2.00. The lowest BCUT2D eigenvalue weighted by Gasteiger charge is -2.24. The van der Waals surface area contributed by atoms with E-state index in [1.54, 1.807) is 14.1 Å². The largest absolute Gasteiger partial charge is 0.359 e. The molecule has 0 bridgehead atoms. The van der Waals surface area contributed by atoms with Crippen LogP contribution in [0.3, 0.4) is 0 Å². The van der Waals surface area contributed by atoms with Crippen molar-refractivity contribution in [2.24, 2.45) is 17.5 Å². The van der Waals surface area contributed by atoms with E-state index in [-0.39, 0.29) is 29.9 Å². The summed E-state index contributed by atoms with van der Waals surface area (Å²) in [5, 5.41) is 9.06. The second-order valence-corrected chi connectivity index (χ2v) is 5.43. The van der Waals surface area contributed by atoms with Crippen molar-refractivity contribution >= 4 is 35.8 Å². The van der Waals surface area contributed by atoms with Crippen LogP contribution in [-0.2, 0) is 18.4 Å². The summed E-state index contributed by atoms with van der Waals surface area (Å²) in [6.45, 7) is 4.99. The fraction of sp³-hybridized carbons (Fsp3) is 0.571. The first kappa shape index (κ1) is 19.8. The number of aryl methyl sites for hydroxylation is 1. The number of guanidine groups is 1. The maximum Gasteiger partial charge on any atom is 0.227 e. The first-order valence-electron chi connectivity index (χ1n) is 6.66. The third-order valence-electron chi connectivity index (χ3n) is 3.12. The maximum atomic E-state index is 11.7. The van der Waals surface area contributed by atoms with E-state index in [1.165, 1.54) is 5.56 Å². The predicted molar refractivity (Wildman–Crippen MR) is 96.9 cm³/mol. The van der Waals surface area contributed by atoms with Crippen LogP contribution in [0.15, 0.2) is 23.5 Å². The number of rotatable bonds is 5. The SMILES string of the molecule is CN=C(NCc1ccn(C)c1)NCC(C)(C)C(=O)NC.I. The highest BCUT2D eigenvalue weighted by atomic mass is 127. The van der Waals surface area contributed by atoms with Crippen molar-refractivity contribution in [2.45, 2.75) is 20.4 Å². The third kappa shape index (κ3) is 6.36. The molecule has 1 aromatic heterocycles. The van der Waals surface area contributed by atoms with Gasteiger partial charge in [0.25, 0.3) is 0 Å². The Morgan fingerprint density at radius 1 is 1.38 bits per heavy atom. The molecule has 120 valence electrons. The number of amides is 1. The van der Waals surface area contributed by atoms with Gasteiger partial charge in [0.15, 0.2) is 5.96 Å². The van der Waals surface area contributed by atoms with Gasteiger partial charge in [0.2, 0.25) is 5.91 Å². The average Bonchev–Trinajstić information content (AvgIpc) is 2.83. The summed E-state index contributed by atoms with van der Waals surface area (Å²) in [4.78, 5) is 15.9. The van der Waals surface area contributed by atoms with E-state index in [4.69, 9.17) is 0 Å². The average molecular weight is 407 g/mol. The minimum Gasteiger partial charge on any atom is -0.359 e. The number of hydrogen-bond acceptors (Lipinski definition) is 2. The van der Waals surface area contributed by atoms with E-state index in [0.717, 1.165) is 0 Å². The van der Waals surface area contributed by atoms with Crippen LogP contribution in [0.1, 0.15) is 19.4 Å². The molecule has 0 unspecified atom stereocenters. The molecular weight excluding hydrogens is 381 g/mol. The van der Waals surface area contributed by atoms with Gasteiger partial charge in [0, 0.05) is 46.6 Å². The lowest BCUT2D eigenvalue weighted by atomic mass is 9.92. The van der Waals surface area contributed by atoms with Crippen molar-refractivity contribution in [1.29, 1.82) is 0 Å². The van der Waals surface area contributed by atoms with Crippen molar-refractivity contribution in [3.05, 3.63) is 24.0 Å². The molecule has 6 nitrogen and oxygen atoms in total. The zero-order valence-corrected chi connectivity index (χ0v) is 15.7. The molecule has 0 aromatic carbocycles. The Morgan fingerprint density at radius 3 is 2.52 bits per heavy atom. The highest BCUT2D eigenvalue weighted by molar-refractivity contribution is 14.0. The van der Waals surface area contributed by atoms with Gasteiger partial charge in [-0.1, -0.05) is 0 Å². The fourth-order valence-corrected chi connectivity index (χ4v) is 1.80. The summed E-state index contributed by atoms with van der Waals surface area (Å²) in [5.41, 5.74) is 0.695. The van der Waals surface area contributed by atoms with Gasteiger partial charge in [-0.2, -0.15) is 0 Å². The quantitative estimate of drug-likeness (QED) is 0.389. The number of nitrogens with one attached hydrogen (secondary N) is 3. The third-order valence-corrected chi connectivity index (χ3v) is 3.12. The molecule has 1 amide bonds. The molecule has 0 aliphatic heterocycles. The molecule has 1 aromatic rings. The number of aliphatic imine (C=N–C) groups is 1. The first-order chi connectivity index (χ1) is 9.39. The number of carbonyl (C=O) groups excluding carboxylic acids is 1. The van der Waals surface area contributed by atoms with Gasteiger partial charge < -0.3 is 20.5 Å². The molecule has 0 saturated carbocycles. The smallest absolute Gasteiger partial charge is 0.227 e. The van der Waals surface area contributed by atoms with Crippen molar-refractivity contribution in [3.63, 3.8) is 0 Å². The Morgan fingerprint density at radius 2 is 2.05 bits per heavy atom. The number of halogens is 1. The standard InChI is InChI=1S/C14H25N5O.HI/c1-14(2,12(20)15-3)10-18-13(16-4)17-8-11-6-7-19(5)9-11;/h6-7,9H,8,10H2,1-5H3,(H,15,20)(H2,16,17,18);1H. The molecule has 0 radical (unpaired) electrons. The number of hydrogen-bond donors (Lipinski definition) is 3. The molecule has 21 heavy (non-hydrogen) atoms. The number of aromatic nitrogens is 1. The fourth-order valence-electron chi connectivity index (χ4n) is 1.80. The molecule has 1 rings (SSSR count). The summed E-state index contributed by atoms with van der Waals surface area (Å²) in [5.74, 6) is 0.689. The Hall–Kier alpha value is -1.25. The number of carbonyl (C=O) groups is 1. The van der Waals surface area contributed by atoms with E-state index in [2.05, 4.69) is 33.2 Å². The Bertz CT molecular complexity index is 481. The van der Waals surface area contributed by atoms with Crippen LogP contribution in [0.4, 0.5) is 0 Å². The highest BCUT2D eigenvalue weighted by Crippen LogP contribution is 2.12. The van der Waals surface area contributed by atoms with Gasteiger partial charge in [0.05, 0.1) is 5.41 Å². The Balaban J connectivity index is 0.00000400. The van der Waals surface area contributed by atoms with Crippen molar-refractivity contribution in [2.75, 3.05) is 20.6 Å². The zero-order valence-electron chi connectivity index (χ0n) is 13.4. The normalized spacial score (nSPS) is 11.6. The van der Waals surface area contributed by atoms with Crippen molar-refractivity contribution in [1.82, 2.24) is 20.5 Å².